The molecule has 0 bridgehead atoms. The van der Waals surface area contributed by atoms with Crippen molar-refractivity contribution in [2.45, 2.75) is 33.3 Å². The average molecular weight is 293 g/mol. The Morgan fingerprint density at radius 2 is 1.86 bits per heavy atom. The van der Waals surface area contributed by atoms with E-state index in [0.29, 0.717) is 18.4 Å². The summed E-state index contributed by atoms with van der Waals surface area (Å²) in [4.78, 5) is 11.8. The third-order valence-corrected chi connectivity index (χ3v) is 3.58. The smallest absolute Gasteiger partial charge is 0.306 e. The zero-order valence-electron chi connectivity index (χ0n) is 12.9. The van der Waals surface area contributed by atoms with Crippen LogP contribution in [0.15, 0.2) is 42.5 Å². The van der Waals surface area contributed by atoms with Crippen molar-refractivity contribution in [1.29, 1.82) is 5.26 Å². The van der Waals surface area contributed by atoms with Crippen molar-refractivity contribution < 1.29 is 9.53 Å². The number of hydrogen-bond donors (Lipinski definition) is 0. The van der Waals surface area contributed by atoms with Gasteiger partial charge in [-0.05, 0) is 49.1 Å². The summed E-state index contributed by atoms with van der Waals surface area (Å²) in [5.41, 5.74) is 5.11. The van der Waals surface area contributed by atoms with Crippen molar-refractivity contribution in [1.82, 2.24) is 0 Å². The SMILES string of the molecule is Cc1ccc(CCC(=O)OCc2ccc(C#N)cc2)c(C)c1. The fourth-order valence-corrected chi connectivity index (χ4v) is 2.27. The number of esters is 1. The van der Waals surface area contributed by atoms with Crippen LogP contribution in [0.25, 0.3) is 0 Å². The van der Waals surface area contributed by atoms with Gasteiger partial charge in [0, 0.05) is 6.42 Å². The third-order valence-electron chi connectivity index (χ3n) is 3.58. The molecule has 2 rings (SSSR count). The van der Waals surface area contributed by atoms with Crippen molar-refractivity contribution in [2.75, 3.05) is 0 Å². The second kappa shape index (κ2) is 7.42. The Labute approximate surface area is 131 Å². The molecule has 112 valence electrons. The molecule has 0 N–H and O–H groups in total. The van der Waals surface area contributed by atoms with Crippen molar-refractivity contribution in [3.63, 3.8) is 0 Å². The average Bonchev–Trinajstić information content (AvgIpc) is 2.52. The van der Waals surface area contributed by atoms with E-state index < -0.39 is 0 Å². The van der Waals surface area contributed by atoms with E-state index in [1.807, 2.05) is 0 Å². The number of aryl methyl sites for hydroxylation is 3. The first kappa shape index (κ1) is 15.8. The molecular weight excluding hydrogens is 274 g/mol. The molecule has 0 unspecified atom stereocenters. The molecule has 3 heteroatoms. The van der Waals surface area contributed by atoms with Crippen LogP contribution in [-0.2, 0) is 22.6 Å². The Kier molecular flexibility index (Phi) is 5.32. The summed E-state index contributed by atoms with van der Waals surface area (Å²) >= 11 is 0. The first-order valence-corrected chi connectivity index (χ1v) is 7.29. The van der Waals surface area contributed by atoms with Gasteiger partial charge in [-0.2, -0.15) is 5.26 Å². The second-order valence-electron chi connectivity index (χ2n) is 5.40. The van der Waals surface area contributed by atoms with Crippen LogP contribution in [0.5, 0.6) is 0 Å². The fraction of sp³-hybridized carbons (Fsp3) is 0.263. The van der Waals surface area contributed by atoms with Crippen LogP contribution in [0.1, 0.15) is 34.2 Å². The van der Waals surface area contributed by atoms with E-state index in [-0.39, 0.29) is 12.6 Å². The normalized spacial score (nSPS) is 10.0. The third kappa shape index (κ3) is 4.46. The lowest BCUT2D eigenvalue weighted by atomic mass is 10.0. The number of benzene rings is 2. The number of rotatable bonds is 5. The highest BCUT2D eigenvalue weighted by Gasteiger charge is 2.06. The minimum atomic E-state index is -0.204. The van der Waals surface area contributed by atoms with Crippen LogP contribution in [0.4, 0.5) is 0 Å². The molecule has 2 aromatic rings. The summed E-state index contributed by atoms with van der Waals surface area (Å²) in [5.74, 6) is -0.204. The molecule has 0 spiro atoms. The van der Waals surface area contributed by atoms with Gasteiger partial charge in [-0.15, -0.1) is 0 Å². The van der Waals surface area contributed by atoms with Crippen LogP contribution in [0, 0.1) is 25.2 Å². The molecule has 0 saturated carbocycles. The van der Waals surface area contributed by atoms with Crippen molar-refractivity contribution >= 4 is 5.97 Å². The van der Waals surface area contributed by atoms with Crippen LogP contribution in [0.2, 0.25) is 0 Å². The molecule has 0 fully saturated rings. The molecule has 0 amide bonds. The highest BCUT2D eigenvalue weighted by Crippen LogP contribution is 2.13. The number of carbonyl (C=O) groups excluding carboxylic acids is 1. The van der Waals surface area contributed by atoms with Gasteiger partial charge < -0.3 is 4.74 Å². The van der Waals surface area contributed by atoms with Crippen LogP contribution < -0.4 is 0 Å². The first-order chi connectivity index (χ1) is 10.6. The van der Waals surface area contributed by atoms with Gasteiger partial charge in [0.1, 0.15) is 6.61 Å². The Bertz CT molecular complexity index is 696. The van der Waals surface area contributed by atoms with E-state index in [1.54, 1.807) is 24.3 Å². The van der Waals surface area contributed by atoms with E-state index in [0.717, 1.165) is 5.56 Å². The monoisotopic (exact) mass is 293 g/mol. The summed E-state index contributed by atoms with van der Waals surface area (Å²) in [6, 6.07) is 15.4. The lowest BCUT2D eigenvalue weighted by Crippen LogP contribution is -2.06. The number of ether oxygens (including phenoxy) is 1. The zero-order valence-corrected chi connectivity index (χ0v) is 12.9. The standard InChI is InChI=1S/C19H19NO2/c1-14-3-8-18(15(2)11-14)9-10-19(21)22-13-17-6-4-16(12-20)5-7-17/h3-8,11H,9-10,13H2,1-2H3. The van der Waals surface area contributed by atoms with E-state index in [2.05, 4.69) is 38.1 Å². The van der Waals surface area contributed by atoms with Gasteiger partial charge >= 0.3 is 5.97 Å². The quantitative estimate of drug-likeness (QED) is 0.787. The number of hydrogen-bond acceptors (Lipinski definition) is 3. The Morgan fingerprint density at radius 3 is 2.50 bits per heavy atom. The molecule has 0 heterocycles. The topological polar surface area (TPSA) is 50.1 Å². The van der Waals surface area contributed by atoms with Gasteiger partial charge in [-0.3, -0.25) is 4.79 Å². The van der Waals surface area contributed by atoms with Gasteiger partial charge in [-0.1, -0.05) is 35.9 Å². The van der Waals surface area contributed by atoms with E-state index in [9.17, 15) is 4.79 Å². The van der Waals surface area contributed by atoms with Gasteiger partial charge in [0.15, 0.2) is 0 Å². The number of nitrogens with zero attached hydrogens (tertiary/aromatic N) is 1. The lowest BCUT2D eigenvalue weighted by molar-refractivity contribution is -0.144. The Balaban J connectivity index is 1.81. The van der Waals surface area contributed by atoms with Gasteiger partial charge in [-0.25, -0.2) is 0 Å². The zero-order chi connectivity index (χ0) is 15.9. The maximum Gasteiger partial charge on any atom is 0.306 e. The van der Waals surface area contributed by atoms with Crippen molar-refractivity contribution in [2.24, 2.45) is 0 Å². The van der Waals surface area contributed by atoms with Gasteiger partial charge in [0.25, 0.3) is 0 Å². The summed E-state index contributed by atoms with van der Waals surface area (Å²) in [7, 11) is 0. The Morgan fingerprint density at radius 1 is 1.14 bits per heavy atom. The largest absolute Gasteiger partial charge is 0.461 e. The molecule has 0 aromatic heterocycles. The molecule has 3 nitrogen and oxygen atoms in total. The molecule has 0 atom stereocenters. The van der Waals surface area contributed by atoms with Crippen molar-refractivity contribution in [3.8, 4) is 6.07 Å². The highest BCUT2D eigenvalue weighted by atomic mass is 16.5. The molecule has 0 aliphatic heterocycles. The van der Waals surface area contributed by atoms with Crippen LogP contribution in [0.3, 0.4) is 0 Å². The molecule has 2 aromatic carbocycles. The minimum Gasteiger partial charge on any atom is -0.461 e. The van der Waals surface area contributed by atoms with Gasteiger partial charge in [0.2, 0.25) is 0 Å². The summed E-state index contributed by atoms with van der Waals surface area (Å²) in [6.07, 6.45) is 1.07. The van der Waals surface area contributed by atoms with E-state index >= 15 is 0 Å². The summed E-state index contributed by atoms with van der Waals surface area (Å²) in [5, 5.41) is 8.73. The van der Waals surface area contributed by atoms with E-state index in [1.165, 1.54) is 16.7 Å². The molecule has 0 saturated heterocycles. The lowest BCUT2D eigenvalue weighted by Gasteiger charge is -2.08. The second-order valence-corrected chi connectivity index (χ2v) is 5.40. The summed E-state index contributed by atoms with van der Waals surface area (Å²) in [6.45, 7) is 4.37. The highest BCUT2D eigenvalue weighted by molar-refractivity contribution is 5.69. The predicted octanol–water partition coefficient (Wildman–Crippen LogP) is 3.85. The molecule has 0 aliphatic carbocycles. The maximum atomic E-state index is 11.8. The van der Waals surface area contributed by atoms with Crippen molar-refractivity contribution in [3.05, 3.63) is 70.3 Å². The van der Waals surface area contributed by atoms with E-state index in [4.69, 9.17) is 10.00 Å². The molecular formula is C19H19NO2. The van der Waals surface area contributed by atoms with Crippen LogP contribution in [-0.4, -0.2) is 5.97 Å². The van der Waals surface area contributed by atoms with Crippen LogP contribution >= 0.6 is 0 Å². The number of nitriles is 1. The fourth-order valence-electron chi connectivity index (χ4n) is 2.27. The first-order valence-electron chi connectivity index (χ1n) is 7.29. The Hall–Kier alpha value is -2.60. The number of carbonyl (C=O) groups is 1. The maximum absolute atomic E-state index is 11.8. The summed E-state index contributed by atoms with van der Waals surface area (Å²) < 4.78 is 5.27. The minimum absolute atomic E-state index is 0.204. The van der Waals surface area contributed by atoms with Gasteiger partial charge in [0.05, 0.1) is 11.6 Å². The molecule has 22 heavy (non-hydrogen) atoms. The molecule has 0 radical (unpaired) electrons. The molecule has 0 aliphatic rings. The predicted molar refractivity (Wildman–Crippen MR) is 85.2 cm³/mol.